The Kier molecular flexibility index (Phi) is 6.09. The van der Waals surface area contributed by atoms with Crippen LogP contribution in [0.1, 0.15) is 23.4 Å². The normalized spacial score (nSPS) is 14.8. The van der Waals surface area contributed by atoms with E-state index in [0.717, 1.165) is 42.5 Å². The highest BCUT2D eigenvalue weighted by Gasteiger charge is 2.18. The molecule has 1 aromatic heterocycles. The first-order chi connectivity index (χ1) is 14.8. The van der Waals surface area contributed by atoms with Gasteiger partial charge in [0, 0.05) is 31.7 Å². The van der Waals surface area contributed by atoms with E-state index in [1.165, 1.54) is 17.6 Å². The molecule has 3 aromatic rings. The topological polar surface area (TPSA) is 81.2 Å². The highest BCUT2D eigenvalue weighted by molar-refractivity contribution is 7.89. The average molecular weight is 438 g/mol. The van der Waals surface area contributed by atoms with Crippen LogP contribution < -0.4 is 10.6 Å². The summed E-state index contributed by atoms with van der Waals surface area (Å²) >= 11 is 0. The van der Waals surface area contributed by atoms with Gasteiger partial charge in [-0.3, -0.25) is 4.90 Å². The molecule has 4 rings (SSSR count). The van der Waals surface area contributed by atoms with Crippen molar-refractivity contribution in [2.45, 2.75) is 24.3 Å². The maximum atomic E-state index is 14.9. The minimum absolute atomic E-state index is 0.194. The van der Waals surface area contributed by atoms with Crippen LogP contribution >= 0.6 is 0 Å². The maximum Gasteiger partial charge on any atom is 0.238 e. The summed E-state index contributed by atoms with van der Waals surface area (Å²) < 4.78 is 39.6. The van der Waals surface area contributed by atoms with Crippen LogP contribution in [0.25, 0.3) is 5.69 Å². The molecule has 6 nitrogen and oxygen atoms in total. The molecule has 0 fully saturated rings. The Morgan fingerprint density at radius 1 is 1.10 bits per heavy atom. The Morgan fingerprint density at radius 3 is 2.52 bits per heavy atom. The second-order valence-electron chi connectivity index (χ2n) is 7.85. The van der Waals surface area contributed by atoms with Crippen LogP contribution in [-0.4, -0.2) is 44.0 Å². The highest BCUT2D eigenvalue weighted by Crippen LogP contribution is 2.22. The van der Waals surface area contributed by atoms with Gasteiger partial charge in [-0.25, -0.2) is 22.6 Å². The smallest absolute Gasteiger partial charge is 0.238 e. The van der Waals surface area contributed by atoms with Gasteiger partial charge in [-0.15, -0.1) is 0 Å². The molecule has 2 heterocycles. The average Bonchev–Trinajstić information content (AvgIpc) is 3.11. The number of rotatable bonds is 6. The predicted octanol–water partition coefficient (Wildman–Crippen LogP) is 1.27. The third-order valence-electron chi connectivity index (χ3n) is 5.34. The van der Waals surface area contributed by atoms with Crippen molar-refractivity contribution in [1.82, 2.24) is 14.7 Å². The number of primary sulfonamides is 1. The van der Waals surface area contributed by atoms with Crippen molar-refractivity contribution in [3.8, 4) is 5.69 Å². The van der Waals surface area contributed by atoms with Crippen molar-refractivity contribution in [1.29, 1.82) is 0 Å². The molecule has 2 N–H and O–H groups in total. The lowest BCUT2D eigenvalue weighted by Crippen LogP contribution is -2.26. The van der Waals surface area contributed by atoms with Crippen LogP contribution in [0.5, 0.6) is 0 Å². The fraction of sp³-hybridized carbons (Fsp3) is 0.227. The van der Waals surface area contributed by atoms with Gasteiger partial charge in [0.15, 0.2) is 0 Å². The fourth-order valence-electron chi connectivity index (χ4n) is 3.70. The Labute approximate surface area is 182 Å². The van der Waals surface area contributed by atoms with Crippen LogP contribution in [0.2, 0.25) is 0 Å². The molecule has 0 amide bonds. The molecule has 2 aromatic carbocycles. The monoisotopic (exact) mass is 438 g/mol. The molecule has 0 spiro atoms. The van der Waals surface area contributed by atoms with Crippen molar-refractivity contribution in [3.63, 3.8) is 0 Å². The lowest BCUT2D eigenvalue weighted by atomic mass is 9.94. The Balaban J connectivity index is 1.72. The summed E-state index contributed by atoms with van der Waals surface area (Å²) in [6.45, 7) is 2.47. The predicted molar refractivity (Wildman–Crippen MR) is 121 cm³/mol. The lowest BCUT2D eigenvalue weighted by molar-refractivity contribution is 0.286. The third kappa shape index (κ3) is 5.12. The van der Waals surface area contributed by atoms with E-state index in [4.69, 9.17) is 5.14 Å². The molecule has 0 aliphatic carbocycles. The van der Waals surface area contributed by atoms with Gasteiger partial charge < -0.3 is 0 Å². The molecule has 9 heteroatoms. The Morgan fingerprint density at radius 2 is 1.87 bits per heavy atom. The van der Waals surface area contributed by atoms with E-state index in [1.54, 1.807) is 4.68 Å². The largest absolute Gasteiger partial charge is 0.293 e. The molecular formula is C22H24BFN4O2S. The minimum atomic E-state index is -3.98. The molecule has 1 aliphatic heterocycles. The van der Waals surface area contributed by atoms with Crippen LogP contribution in [0.4, 0.5) is 4.39 Å². The maximum absolute atomic E-state index is 14.9. The summed E-state index contributed by atoms with van der Waals surface area (Å²) in [5.41, 5.74) is 4.11. The van der Waals surface area contributed by atoms with E-state index >= 15 is 0 Å². The first kappa shape index (κ1) is 21.5. The van der Waals surface area contributed by atoms with Gasteiger partial charge in [-0.05, 0) is 36.2 Å². The van der Waals surface area contributed by atoms with E-state index in [0.29, 0.717) is 13.0 Å². The number of nitrogens with two attached hydrogens (primary N) is 1. The second-order valence-corrected chi connectivity index (χ2v) is 9.42. The number of aromatic nitrogens is 2. The summed E-state index contributed by atoms with van der Waals surface area (Å²) in [5, 5.41) is 9.81. The summed E-state index contributed by atoms with van der Waals surface area (Å²) in [4.78, 5) is 2.02. The van der Waals surface area contributed by atoms with Gasteiger partial charge in [-0.1, -0.05) is 41.9 Å². The standard InChI is InChI=1S/C22H24BFN4O2S/c23-17-6-4-16(5-7-17)12-19-13-18(15-27-10-2-1-3-11-27)26-28(19)22-9-8-20(14-21(22)24)31(25,29)30/h1-2,4-9,13-14H,3,10-12,15,23H2,(H2,25,29,30). The molecular weight excluding hydrogens is 414 g/mol. The molecule has 1 aliphatic rings. The summed E-state index contributed by atoms with van der Waals surface area (Å²) in [5.74, 6) is -0.688. The number of halogens is 1. The Bertz CT molecular complexity index is 1220. The van der Waals surface area contributed by atoms with Crippen molar-refractivity contribution in [2.24, 2.45) is 5.14 Å². The zero-order valence-electron chi connectivity index (χ0n) is 17.3. The van der Waals surface area contributed by atoms with E-state index in [2.05, 4.69) is 22.2 Å². The van der Waals surface area contributed by atoms with Crippen LogP contribution in [0, 0.1) is 5.82 Å². The molecule has 160 valence electrons. The first-order valence-electron chi connectivity index (χ1n) is 10.1. The van der Waals surface area contributed by atoms with Crippen molar-refractivity contribution in [3.05, 3.63) is 83.5 Å². The van der Waals surface area contributed by atoms with Crippen LogP contribution in [0.15, 0.2) is 65.6 Å². The van der Waals surface area contributed by atoms with Gasteiger partial charge in [0.1, 0.15) is 19.4 Å². The fourth-order valence-corrected chi connectivity index (χ4v) is 4.23. The summed E-state index contributed by atoms with van der Waals surface area (Å²) in [6, 6.07) is 13.8. The Hall–Kier alpha value is -2.75. The number of hydrogen-bond acceptors (Lipinski definition) is 4. The summed E-state index contributed by atoms with van der Waals surface area (Å²) in [7, 11) is -1.95. The highest BCUT2D eigenvalue weighted by atomic mass is 32.2. The van der Waals surface area contributed by atoms with Gasteiger partial charge in [0.25, 0.3) is 0 Å². The quantitative estimate of drug-likeness (QED) is 0.465. The lowest BCUT2D eigenvalue weighted by Gasteiger charge is -2.21. The molecule has 0 saturated heterocycles. The first-order valence-corrected chi connectivity index (χ1v) is 11.7. The molecule has 0 unspecified atom stereocenters. The second kappa shape index (κ2) is 8.78. The van der Waals surface area contributed by atoms with E-state index in [-0.39, 0.29) is 10.6 Å². The zero-order valence-corrected chi connectivity index (χ0v) is 18.1. The molecule has 31 heavy (non-hydrogen) atoms. The van der Waals surface area contributed by atoms with Crippen molar-refractivity contribution in [2.75, 3.05) is 13.1 Å². The SMILES string of the molecule is Bc1ccc(Cc2cc(CN3CC=CCC3)nn2-c2ccc(S(N)(=O)=O)cc2F)cc1. The van der Waals surface area contributed by atoms with Crippen LogP contribution in [0.3, 0.4) is 0 Å². The molecule has 0 radical (unpaired) electrons. The molecule has 0 atom stereocenters. The van der Waals surface area contributed by atoms with Gasteiger partial charge >= 0.3 is 0 Å². The number of hydrogen-bond donors (Lipinski definition) is 1. The number of sulfonamides is 1. The van der Waals surface area contributed by atoms with Crippen molar-refractivity contribution < 1.29 is 12.8 Å². The third-order valence-corrected chi connectivity index (χ3v) is 6.25. The molecule has 0 saturated carbocycles. The van der Waals surface area contributed by atoms with E-state index in [1.807, 2.05) is 38.2 Å². The van der Waals surface area contributed by atoms with Crippen LogP contribution in [-0.2, 0) is 23.0 Å². The van der Waals surface area contributed by atoms with Gasteiger partial charge in [-0.2, -0.15) is 5.10 Å². The minimum Gasteiger partial charge on any atom is -0.293 e. The van der Waals surface area contributed by atoms with E-state index < -0.39 is 15.8 Å². The van der Waals surface area contributed by atoms with E-state index in [9.17, 15) is 12.8 Å². The number of nitrogens with zero attached hydrogens (tertiary/aromatic N) is 3. The molecule has 0 bridgehead atoms. The van der Waals surface area contributed by atoms with Crippen molar-refractivity contribution >= 4 is 23.3 Å². The van der Waals surface area contributed by atoms with Gasteiger partial charge in [0.2, 0.25) is 10.0 Å². The van der Waals surface area contributed by atoms with Gasteiger partial charge in [0.05, 0.1) is 10.6 Å². The zero-order chi connectivity index (χ0) is 22.0. The number of benzene rings is 2. The summed E-state index contributed by atoms with van der Waals surface area (Å²) in [6.07, 6.45) is 5.88.